The topological polar surface area (TPSA) is 87.1 Å². The number of hydrogen-bond acceptors (Lipinski definition) is 5. The Kier molecular flexibility index (Phi) is 9.72. The number of carbonyl (C=O) groups excluding carboxylic acids is 1. The second kappa shape index (κ2) is 10.2. The minimum atomic E-state index is -0.921. The molecule has 0 spiro atoms. The summed E-state index contributed by atoms with van der Waals surface area (Å²) in [6.07, 6.45) is 0. The molecule has 7 heteroatoms. The quantitative estimate of drug-likeness (QED) is 0.549. The number of aliphatic hydroxyl groups excluding tert-OH is 1. The Morgan fingerprint density at radius 2 is 1.94 bits per heavy atom. The van der Waals surface area contributed by atoms with Crippen LogP contribution in [0.1, 0.15) is 13.8 Å². The van der Waals surface area contributed by atoms with Crippen molar-refractivity contribution in [1.29, 1.82) is 0 Å². The highest BCUT2D eigenvalue weighted by molar-refractivity contribution is 8.00. The average molecular weight is 279 g/mol. The van der Waals surface area contributed by atoms with Crippen LogP contribution in [-0.2, 0) is 14.3 Å². The van der Waals surface area contributed by atoms with Gasteiger partial charge in [-0.3, -0.25) is 9.59 Å². The van der Waals surface area contributed by atoms with Gasteiger partial charge >= 0.3 is 5.97 Å². The highest BCUT2D eigenvalue weighted by atomic mass is 32.2. The van der Waals surface area contributed by atoms with E-state index < -0.39 is 5.97 Å². The summed E-state index contributed by atoms with van der Waals surface area (Å²) in [5, 5.41) is 17.0. The summed E-state index contributed by atoms with van der Waals surface area (Å²) < 4.78 is 5.11. The van der Waals surface area contributed by atoms with Crippen LogP contribution in [0.3, 0.4) is 0 Å². The van der Waals surface area contributed by atoms with Gasteiger partial charge in [-0.1, -0.05) is 0 Å². The number of hydrogen-bond donors (Lipinski definition) is 2. The standard InChI is InChI=1S/C11H21NO5S/c1-9(2)12(3-5-17-6-4-13)10(14)7-18-8-11(15)16/h9,13H,3-8H2,1-2H3,(H,15,16). The first-order chi connectivity index (χ1) is 8.49. The van der Waals surface area contributed by atoms with Crippen molar-refractivity contribution in [3.8, 4) is 0 Å². The molecule has 0 aliphatic heterocycles. The lowest BCUT2D eigenvalue weighted by molar-refractivity contribution is -0.133. The third-order valence-corrected chi connectivity index (χ3v) is 3.01. The molecular weight excluding hydrogens is 258 g/mol. The highest BCUT2D eigenvalue weighted by Gasteiger charge is 2.16. The summed E-state index contributed by atoms with van der Waals surface area (Å²) in [4.78, 5) is 23.8. The minimum absolute atomic E-state index is 0.0376. The number of carboxylic acid groups (broad SMARTS) is 1. The number of rotatable bonds is 10. The third-order valence-electron chi connectivity index (χ3n) is 2.11. The molecule has 0 radical (unpaired) electrons. The Hall–Kier alpha value is -0.790. The molecule has 106 valence electrons. The normalized spacial score (nSPS) is 10.7. The lowest BCUT2D eigenvalue weighted by Gasteiger charge is -2.26. The van der Waals surface area contributed by atoms with Crippen LogP contribution in [0.4, 0.5) is 0 Å². The van der Waals surface area contributed by atoms with Gasteiger partial charge < -0.3 is 19.8 Å². The van der Waals surface area contributed by atoms with Gasteiger partial charge in [0.15, 0.2) is 0 Å². The zero-order valence-corrected chi connectivity index (χ0v) is 11.6. The molecule has 0 aliphatic rings. The van der Waals surface area contributed by atoms with Crippen LogP contribution in [0.15, 0.2) is 0 Å². The smallest absolute Gasteiger partial charge is 0.313 e. The molecule has 0 aromatic carbocycles. The maximum Gasteiger partial charge on any atom is 0.313 e. The molecule has 0 heterocycles. The fourth-order valence-corrected chi connectivity index (χ4v) is 1.93. The van der Waals surface area contributed by atoms with E-state index in [0.29, 0.717) is 13.2 Å². The van der Waals surface area contributed by atoms with Crippen molar-refractivity contribution >= 4 is 23.6 Å². The Bertz CT molecular complexity index is 260. The molecule has 0 bridgehead atoms. The van der Waals surface area contributed by atoms with Crippen LogP contribution in [-0.4, -0.2) is 70.9 Å². The van der Waals surface area contributed by atoms with E-state index in [1.165, 1.54) is 0 Å². The van der Waals surface area contributed by atoms with Crippen molar-refractivity contribution in [2.24, 2.45) is 0 Å². The predicted octanol–water partition coefficient (Wildman–Crippen LogP) is 0.0501. The molecule has 6 nitrogen and oxygen atoms in total. The maximum atomic E-state index is 11.8. The van der Waals surface area contributed by atoms with Crippen molar-refractivity contribution in [2.75, 3.05) is 37.9 Å². The molecular formula is C11H21NO5S. The van der Waals surface area contributed by atoms with Crippen molar-refractivity contribution in [3.05, 3.63) is 0 Å². The number of nitrogens with zero attached hydrogens (tertiary/aromatic N) is 1. The number of aliphatic carboxylic acids is 1. The van der Waals surface area contributed by atoms with Gasteiger partial charge in [0.1, 0.15) is 0 Å². The summed E-state index contributed by atoms with van der Waals surface area (Å²) in [6, 6.07) is 0.0423. The maximum absolute atomic E-state index is 11.8. The van der Waals surface area contributed by atoms with E-state index >= 15 is 0 Å². The van der Waals surface area contributed by atoms with E-state index in [1.54, 1.807) is 4.90 Å². The van der Waals surface area contributed by atoms with E-state index in [0.717, 1.165) is 11.8 Å². The van der Waals surface area contributed by atoms with Crippen molar-refractivity contribution < 1.29 is 24.5 Å². The lowest BCUT2D eigenvalue weighted by Crippen LogP contribution is -2.40. The third kappa shape index (κ3) is 8.32. The van der Waals surface area contributed by atoms with Crippen LogP contribution in [0.2, 0.25) is 0 Å². The first-order valence-electron chi connectivity index (χ1n) is 5.76. The number of carboxylic acids is 1. The Morgan fingerprint density at radius 3 is 2.44 bits per heavy atom. The molecule has 1 amide bonds. The van der Waals surface area contributed by atoms with Crippen LogP contribution >= 0.6 is 11.8 Å². The molecule has 0 aromatic heterocycles. The average Bonchev–Trinajstić information content (AvgIpc) is 2.27. The van der Waals surface area contributed by atoms with Gasteiger partial charge in [0, 0.05) is 12.6 Å². The lowest BCUT2D eigenvalue weighted by atomic mass is 10.3. The fourth-order valence-electron chi connectivity index (χ4n) is 1.31. The molecule has 0 aromatic rings. The van der Waals surface area contributed by atoms with E-state index in [1.807, 2.05) is 13.8 Å². The summed E-state index contributed by atoms with van der Waals surface area (Å²) in [7, 11) is 0. The van der Waals surface area contributed by atoms with Gasteiger partial charge in [-0.15, -0.1) is 11.8 Å². The van der Waals surface area contributed by atoms with Crippen molar-refractivity contribution in [1.82, 2.24) is 4.90 Å². The Balaban J connectivity index is 3.99. The first kappa shape index (κ1) is 17.2. The Morgan fingerprint density at radius 1 is 1.28 bits per heavy atom. The SMILES string of the molecule is CC(C)N(CCOCCO)C(=O)CSCC(=O)O. The fraction of sp³-hybridized carbons (Fsp3) is 0.818. The van der Waals surface area contributed by atoms with E-state index in [-0.39, 0.29) is 36.7 Å². The van der Waals surface area contributed by atoms with E-state index in [4.69, 9.17) is 14.9 Å². The highest BCUT2D eigenvalue weighted by Crippen LogP contribution is 2.06. The van der Waals surface area contributed by atoms with Gasteiger partial charge in [0.25, 0.3) is 0 Å². The van der Waals surface area contributed by atoms with Crippen LogP contribution in [0, 0.1) is 0 Å². The largest absolute Gasteiger partial charge is 0.481 e. The molecule has 0 rings (SSSR count). The van der Waals surface area contributed by atoms with Crippen LogP contribution in [0.5, 0.6) is 0 Å². The van der Waals surface area contributed by atoms with Crippen molar-refractivity contribution in [2.45, 2.75) is 19.9 Å². The molecule has 0 saturated carbocycles. The minimum Gasteiger partial charge on any atom is -0.481 e. The van der Waals surface area contributed by atoms with E-state index in [9.17, 15) is 9.59 Å². The van der Waals surface area contributed by atoms with Gasteiger partial charge in [-0.25, -0.2) is 0 Å². The number of ether oxygens (including phenoxy) is 1. The second-order valence-corrected chi connectivity index (χ2v) is 4.89. The summed E-state index contributed by atoms with van der Waals surface area (Å²) in [5.41, 5.74) is 0. The second-order valence-electron chi connectivity index (χ2n) is 3.90. The molecule has 0 aliphatic carbocycles. The molecule has 18 heavy (non-hydrogen) atoms. The zero-order chi connectivity index (χ0) is 14.0. The number of amides is 1. The van der Waals surface area contributed by atoms with Crippen LogP contribution < -0.4 is 0 Å². The van der Waals surface area contributed by atoms with Crippen LogP contribution in [0.25, 0.3) is 0 Å². The number of carbonyl (C=O) groups is 2. The monoisotopic (exact) mass is 279 g/mol. The summed E-state index contributed by atoms with van der Waals surface area (Å²) >= 11 is 1.09. The van der Waals surface area contributed by atoms with Gasteiger partial charge in [0.05, 0.1) is 31.3 Å². The predicted molar refractivity (Wildman–Crippen MR) is 69.7 cm³/mol. The number of aliphatic hydroxyl groups is 1. The zero-order valence-electron chi connectivity index (χ0n) is 10.8. The van der Waals surface area contributed by atoms with Gasteiger partial charge in [-0.2, -0.15) is 0 Å². The summed E-state index contributed by atoms with van der Waals surface area (Å²) in [6.45, 7) is 4.83. The molecule has 2 N–H and O–H groups in total. The van der Waals surface area contributed by atoms with Crippen molar-refractivity contribution in [3.63, 3.8) is 0 Å². The molecule has 0 saturated heterocycles. The molecule has 0 fully saturated rings. The Labute approximate surface area is 111 Å². The number of thioether (sulfide) groups is 1. The summed E-state index contributed by atoms with van der Waals surface area (Å²) in [5.74, 6) is -0.928. The molecule has 0 unspecified atom stereocenters. The van der Waals surface area contributed by atoms with Gasteiger partial charge in [-0.05, 0) is 13.8 Å². The first-order valence-corrected chi connectivity index (χ1v) is 6.92. The van der Waals surface area contributed by atoms with Gasteiger partial charge in [0.2, 0.25) is 5.91 Å². The molecule has 0 atom stereocenters. The van der Waals surface area contributed by atoms with E-state index in [2.05, 4.69) is 0 Å².